The molecule has 0 aromatic carbocycles. The first kappa shape index (κ1) is 13.4. The molecule has 0 bridgehead atoms. The molecule has 0 saturated heterocycles. The van der Waals surface area contributed by atoms with Gasteiger partial charge in [-0.25, -0.2) is 9.48 Å². The Labute approximate surface area is 115 Å². The second-order valence-electron chi connectivity index (χ2n) is 3.87. The van der Waals surface area contributed by atoms with E-state index in [1.54, 1.807) is 29.3 Å². The number of nitrogens with zero attached hydrogens (tertiary/aromatic N) is 3. The van der Waals surface area contributed by atoms with Crippen molar-refractivity contribution in [3.8, 4) is 5.69 Å². The average Bonchev–Trinajstić information content (AvgIpc) is 2.79. The fourth-order valence-electron chi connectivity index (χ4n) is 1.46. The topological polar surface area (TPSA) is 71.8 Å². The van der Waals surface area contributed by atoms with Crippen LogP contribution in [0.3, 0.4) is 0 Å². The fraction of sp³-hybridized carbons (Fsp3) is 0.250. The largest absolute Gasteiger partial charge is 0.338 e. The fourth-order valence-corrected chi connectivity index (χ4v) is 1.64. The van der Waals surface area contributed by atoms with E-state index in [4.69, 9.17) is 11.6 Å². The zero-order valence-corrected chi connectivity index (χ0v) is 11.2. The highest BCUT2D eigenvalue weighted by Crippen LogP contribution is 2.21. The molecule has 6 nitrogen and oxygen atoms in total. The van der Waals surface area contributed by atoms with Crippen molar-refractivity contribution in [1.29, 1.82) is 0 Å². The average molecular weight is 280 g/mol. The third kappa shape index (κ3) is 3.45. The Morgan fingerprint density at radius 1 is 1.53 bits per heavy atom. The van der Waals surface area contributed by atoms with Crippen LogP contribution in [-0.4, -0.2) is 27.3 Å². The van der Waals surface area contributed by atoms with E-state index in [-0.39, 0.29) is 11.2 Å². The van der Waals surface area contributed by atoms with Gasteiger partial charge in [0.2, 0.25) is 0 Å². The predicted octanol–water partition coefficient (Wildman–Crippen LogP) is 2.45. The second kappa shape index (κ2) is 6.19. The lowest BCUT2D eigenvalue weighted by atomic mass is 10.4. The van der Waals surface area contributed by atoms with E-state index >= 15 is 0 Å². The number of pyridine rings is 1. The Bertz CT molecular complexity index is 555. The van der Waals surface area contributed by atoms with E-state index in [1.165, 1.54) is 0 Å². The maximum Gasteiger partial charge on any atom is 0.319 e. The molecule has 0 spiro atoms. The minimum atomic E-state index is -0.297. The molecule has 0 aliphatic heterocycles. The number of hydrogen-bond acceptors (Lipinski definition) is 3. The minimum absolute atomic E-state index is 0.232. The van der Waals surface area contributed by atoms with Crippen LogP contribution in [-0.2, 0) is 0 Å². The molecule has 2 aromatic rings. The van der Waals surface area contributed by atoms with Crippen molar-refractivity contribution in [1.82, 2.24) is 20.1 Å². The van der Waals surface area contributed by atoms with E-state index in [1.807, 2.05) is 13.0 Å². The van der Waals surface area contributed by atoms with E-state index in [9.17, 15) is 4.79 Å². The Kier molecular flexibility index (Phi) is 4.35. The zero-order valence-electron chi connectivity index (χ0n) is 10.4. The Hall–Kier alpha value is -2.08. The smallest absolute Gasteiger partial charge is 0.319 e. The van der Waals surface area contributed by atoms with Gasteiger partial charge in [-0.15, -0.1) is 0 Å². The highest BCUT2D eigenvalue weighted by Gasteiger charge is 2.10. The maximum absolute atomic E-state index is 11.5. The first-order chi connectivity index (χ1) is 9.20. The normalized spacial score (nSPS) is 10.2. The van der Waals surface area contributed by atoms with Gasteiger partial charge >= 0.3 is 6.03 Å². The van der Waals surface area contributed by atoms with Gasteiger partial charge in [-0.2, -0.15) is 5.10 Å². The van der Waals surface area contributed by atoms with E-state index in [0.29, 0.717) is 12.2 Å². The summed E-state index contributed by atoms with van der Waals surface area (Å²) in [6, 6.07) is 3.35. The Morgan fingerprint density at radius 2 is 2.37 bits per heavy atom. The standard InChI is InChI=1S/C12H14ClN5O/c1-2-5-15-12(19)16-10-8-18(17-11(10)13)9-4-3-6-14-7-9/h3-4,6-8H,2,5H2,1H3,(H2,15,16,19). The summed E-state index contributed by atoms with van der Waals surface area (Å²) in [5.74, 6) is 0. The van der Waals surface area contributed by atoms with Crippen LogP contribution in [0.1, 0.15) is 13.3 Å². The molecule has 0 aliphatic rings. The van der Waals surface area contributed by atoms with Crippen molar-refractivity contribution in [2.24, 2.45) is 0 Å². The minimum Gasteiger partial charge on any atom is -0.338 e. The van der Waals surface area contributed by atoms with Gasteiger partial charge in [0, 0.05) is 12.7 Å². The molecule has 2 heterocycles. The van der Waals surface area contributed by atoms with Crippen LogP contribution in [0.2, 0.25) is 5.15 Å². The first-order valence-electron chi connectivity index (χ1n) is 5.91. The number of carbonyl (C=O) groups is 1. The molecule has 0 radical (unpaired) electrons. The predicted molar refractivity (Wildman–Crippen MR) is 73.7 cm³/mol. The van der Waals surface area contributed by atoms with Gasteiger partial charge in [0.05, 0.1) is 18.1 Å². The van der Waals surface area contributed by atoms with Crippen LogP contribution < -0.4 is 10.6 Å². The Morgan fingerprint density at radius 3 is 3.05 bits per heavy atom. The first-order valence-corrected chi connectivity index (χ1v) is 6.29. The van der Waals surface area contributed by atoms with Crippen molar-refractivity contribution in [3.63, 3.8) is 0 Å². The number of rotatable bonds is 4. The third-order valence-corrected chi connectivity index (χ3v) is 2.64. The van der Waals surface area contributed by atoms with Gasteiger partial charge < -0.3 is 10.6 Å². The number of amides is 2. The molecule has 2 N–H and O–H groups in total. The monoisotopic (exact) mass is 279 g/mol. The van der Waals surface area contributed by atoms with Gasteiger partial charge in [-0.1, -0.05) is 18.5 Å². The summed E-state index contributed by atoms with van der Waals surface area (Å²) in [4.78, 5) is 15.5. The molecule has 7 heteroatoms. The lowest BCUT2D eigenvalue weighted by Crippen LogP contribution is -2.29. The van der Waals surface area contributed by atoms with Crippen LogP contribution in [0.5, 0.6) is 0 Å². The van der Waals surface area contributed by atoms with Crippen LogP contribution in [0.15, 0.2) is 30.7 Å². The van der Waals surface area contributed by atoms with Crippen molar-refractivity contribution >= 4 is 23.3 Å². The van der Waals surface area contributed by atoms with Crippen molar-refractivity contribution in [2.45, 2.75) is 13.3 Å². The molecular weight excluding hydrogens is 266 g/mol. The van der Waals surface area contributed by atoms with E-state index < -0.39 is 0 Å². The number of halogens is 1. The summed E-state index contributed by atoms with van der Waals surface area (Å²) < 4.78 is 1.56. The lowest BCUT2D eigenvalue weighted by Gasteiger charge is -2.04. The highest BCUT2D eigenvalue weighted by atomic mass is 35.5. The highest BCUT2D eigenvalue weighted by molar-refractivity contribution is 6.32. The molecule has 0 atom stereocenters. The van der Waals surface area contributed by atoms with Crippen molar-refractivity contribution < 1.29 is 4.79 Å². The van der Waals surface area contributed by atoms with Gasteiger partial charge in [0.15, 0.2) is 5.15 Å². The van der Waals surface area contributed by atoms with Gasteiger partial charge in [-0.05, 0) is 18.6 Å². The number of carbonyl (C=O) groups excluding carboxylic acids is 1. The molecule has 100 valence electrons. The third-order valence-electron chi connectivity index (χ3n) is 2.36. The molecule has 0 saturated carbocycles. The molecule has 0 aliphatic carbocycles. The number of urea groups is 1. The molecule has 19 heavy (non-hydrogen) atoms. The van der Waals surface area contributed by atoms with E-state index in [2.05, 4.69) is 20.7 Å². The molecule has 0 unspecified atom stereocenters. The van der Waals surface area contributed by atoms with Crippen LogP contribution in [0.4, 0.5) is 10.5 Å². The summed E-state index contributed by atoms with van der Waals surface area (Å²) in [6.07, 6.45) is 5.84. The summed E-state index contributed by atoms with van der Waals surface area (Å²) >= 11 is 5.98. The summed E-state index contributed by atoms with van der Waals surface area (Å²) in [6.45, 7) is 2.59. The summed E-state index contributed by atoms with van der Waals surface area (Å²) in [5.41, 5.74) is 1.23. The van der Waals surface area contributed by atoms with Gasteiger partial charge in [-0.3, -0.25) is 4.98 Å². The van der Waals surface area contributed by atoms with E-state index in [0.717, 1.165) is 12.1 Å². The number of anilines is 1. The van der Waals surface area contributed by atoms with Gasteiger partial charge in [0.1, 0.15) is 5.69 Å². The van der Waals surface area contributed by atoms with Gasteiger partial charge in [0.25, 0.3) is 0 Å². The van der Waals surface area contributed by atoms with Crippen LogP contribution in [0.25, 0.3) is 5.69 Å². The molecule has 2 amide bonds. The Balaban J connectivity index is 2.11. The molecule has 2 rings (SSSR count). The SMILES string of the molecule is CCCNC(=O)Nc1cn(-c2cccnc2)nc1Cl. The molecule has 2 aromatic heterocycles. The zero-order chi connectivity index (χ0) is 13.7. The van der Waals surface area contributed by atoms with Crippen molar-refractivity contribution in [2.75, 3.05) is 11.9 Å². The number of nitrogens with one attached hydrogen (secondary N) is 2. The van der Waals surface area contributed by atoms with Crippen LogP contribution in [0, 0.1) is 0 Å². The molecule has 0 fully saturated rings. The second-order valence-corrected chi connectivity index (χ2v) is 4.23. The molecular formula is C12H14ClN5O. The lowest BCUT2D eigenvalue weighted by molar-refractivity contribution is 0.252. The van der Waals surface area contributed by atoms with Crippen LogP contribution >= 0.6 is 11.6 Å². The number of hydrogen-bond donors (Lipinski definition) is 2. The quantitative estimate of drug-likeness (QED) is 0.903. The summed E-state index contributed by atoms with van der Waals surface area (Å²) in [7, 11) is 0. The van der Waals surface area contributed by atoms with Crippen molar-refractivity contribution in [3.05, 3.63) is 35.9 Å². The maximum atomic E-state index is 11.5. The number of aromatic nitrogens is 3. The summed E-state index contributed by atoms with van der Waals surface area (Å²) in [5, 5.41) is 9.69.